The molecule has 1 aromatic heterocycles. The molecule has 6 saturated heterocycles. The molecule has 2 aromatic carbocycles. The molecule has 10 rings (SSSR count). The number of carbonyl (C=O) groups excluding carboxylic acids is 2. The summed E-state index contributed by atoms with van der Waals surface area (Å²) in [6.45, 7) is 6.99. The van der Waals surface area contributed by atoms with E-state index in [1.54, 1.807) is 80.2 Å². The number of nitrogens with two attached hydrogens (primary N) is 2. The molecular formula is C46H53Cl2F2N4O16P2+. The lowest BCUT2D eigenvalue weighted by Crippen LogP contribution is -2.46. The van der Waals surface area contributed by atoms with Crippen molar-refractivity contribution in [2.24, 2.45) is 11.5 Å². The lowest BCUT2D eigenvalue weighted by Gasteiger charge is -2.32. The molecule has 7 aliphatic rings. The minimum Gasteiger partial charge on any atom is -0.366 e. The van der Waals surface area contributed by atoms with Gasteiger partial charge in [-0.25, -0.2) is 17.9 Å². The Hall–Kier alpha value is -3.77. The highest BCUT2D eigenvalue weighted by Crippen LogP contribution is 2.59. The summed E-state index contributed by atoms with van der Waals surface area (Å²) in [6.07, 6.45) is 3.56. The second-order valence-electron chi connectivity index (χ2n) is 18.5. The van der Waals surface area contributed by atoms with Crippen LogP contribution >= 0.6 is 38.8 Å². The number of phosphoric acid groups is 2. The number of rotatable bonds is 12. The molecule has 6 unspecified atom stereocenters. The van der Waals surface area contributed by atoms with Gasteiger partial charge < -0.3 is 44.8 Å². The number of hydrogen-bond acceptors (Lipinski definition) is 17. The molecule has 2 amide bonds. The Labute approximate surface area is 422 Å². The predicted octanol–water partition coefficient (Wildman–Crippen LogP) is 7.50. The molecule has 0 aliphatic carbocycles. The van der Waals surface area contributed by atoms with E-state index in [4.69, 9.17) is 90.2 Å². The summed E-state index contributed by atoms with van der Waals surface area (Å²) in [5, 5.41) is -0.121. The van der Waals surface area contributed by atoms with E-state index >= 15 is 0 Å². The Kier molecular flexibility index (Phi) is 15.6. The maximum Gasteiger partial charge on any atom is 0.475 e. The van der Waals surface area contributed by atoms with Gasteiger partial charge >= 0.3 is 15.6 Å². The van der Waals surface area contributed by atoms with Crippen molar-refractivity contribution in [2.75, 3.05) is 26.4 Å². The van der Waals surface area contributed by atoms with Crippen LogP contribution in [-0.4, -0.2) is 97.6 Å². The van der Waals surface area contributed by atoms with Gasteiger partial charge in [0.1, 0.15) is 47.7 Å². The van der Waals surface area contributed by atoms with Crippen molar-refractivity contribution in [2.45, 2.75) is 120 Å². The highest BCUT2D eigenvalue weighted by Gasteiger charge is 2.60. The Morgan fingerprint density at radius 2 is 1.29 bits per heavy atom. The first-order valence-corrected chi connectivity index (χ1v) is 26.6. The Morgan fingerprint density at radius 1 is 0.764 bits per heavy atom. The van der Waals surface area contributed by atoms with Crippen molar-refractivity contribution in [3.8, 4) is 0 Å². The van der Waals surface area contributed by atoms with Crippen LogP contribution in [0, 0.1) is 11.6 Å². The highest BCUT2D eigenvalue weighted by molar-refractivity contribution is 7.48. The predicted molar refractivity (Wildman–Crippen MR) is 247 cm³/mol. The fourth-order valence-corrected chi connectivity index (χ4v) is 12.3. The minimum atomic E-state index is -3.98. The van der Waals surface area contributed by atoms with Crippen molar-refractivity contribution in [3.63, 3.8) is 0 Å². The summed E-state index contributed by atoms with van der Waals surface area (Å²) in [6, 6.07) is 11.6. The van der Waals surface area contributed by atoms with Gasteiger partial charge in [-0.05, 0) is 75.6 Å². The topological polar surface area (TPSA) is 238 Å². The van der Waals surface area contributed by atoms with E-state index in [0.717, 1.165) is 0 Å². The zero-order valence-electron chi connectivity index (χ0n) is 39.2. The molecule has 4 N–H and O–H groups in total. The van der Waals surface area contributed by atoms with Crippen LogP contribution in [0.1, 0.15) is 86.9 Å². The van der Waals surface area contributed by atoms with Crippen LogP contribution in [0.3, 0.4) is 0 Å². The largest absolute Gasteiger partial charge is 0.475 e. The maximum atomic E-state index is 13.6. The van der Waals surface area contributed by atoms with Gasteiger partial charge in [0.15, 0.2) is 36.3 Å². The Bertz CT molecular complexity index is 2720. The lowest BCUT2D eigenvalue weighted by atomic mass is 10.1. The number of halogens is 4. The van der Waals surface area contributed by atoms with Crippen LogP contribution < -0.4 is 16.0 Å². The third-order valence-corrected chi connectivity index (χ3v) is 15.9. The summed E-state index contributed by atoms with van der Waals surface area (Å²) in [7, 11) is -7.95. The molecule has 390 valence electrons. The molecule has 0 spiro atoms. The quantitative estimate of drug-likeness (QED) is 0.132. The van der Waals surface area contributed by atoms with Gasteiger partial charge in [0, 0.05) is 36.9 Å². The first kappa shape index (κ1) is 53.1. The summed E-state index contributed by atoms with van der Waals surface area (Å²) in [4.78, 5) is 25.0. The van der Waals surface area contributed by atoms with E-state index in [9.17, 15) is 27.5 Å². The van der Waals surface area contributed by atoms with Gasteiger partial charge in [0.25, 0.3) is 12.1 Å². The second kappa shape index (κ2) is 21.1. The SMILES string of the molecule is CC1(C)O[C@@H]2[C@H](O1)C(COP1(=O)OCCC(c3ccc(F)c(Cl)c3)O1)O[C@H]2N1C=CCC(C(N)=O)=C1.CC1(C)O[C@@H]2[C@H](O1)C(COP1(=O)OCCC(c3ccc(F)c(Cl)c3)O1)O[C@H]2[n+]1cccc(C(N)=O)c1. The number of benzene rings is 2. The van der Waals surface area contributed by atoms with Crippen molar-refractivity contribution in [3.05, 3.63) is 123 Å². The number of pyridine rings is 1. The van der Waals surface area contributed by atoms with Gasteiger partial charge in [-0.15, -0.1) is 0 Å². The average molecular weight is 1090 g/mol. The second-order valence-corrected chi connectivity index (χ2v) is 22.5. The summed E-state index contributed by atoms with van der Waals surface area (Å²) in [5.74, 6) is -4.01. The van der Waals surface area contributed by atoms with Crippen LogP contribution in [0.2, 0.25) is 10.0 Å². The molecule has 6 fully saturated rings. The fourth-order valence-electron chi connectivity index (χ4n) is 9.13. The minimum absolute atomic E-state index is 0.0592. The normalized spacial score (nSPS) is 34.4. The molecule has 26 heteroatoms. The molecule has 8 heterocycles. The van der Waals surface area contributed by atoms with E-state index in [-0.39, 0.29) is 36.5 Å². The molecule has 72 heavy (non-hydrogen) atoms. The van der Waals surface area contributed by atoms with E-state index in [2.05, 4.69) is 0 Å². The fraction of sp³-hybridized carbons (Fsp3) is 0.500. The summed E-state index contributed by atoms with van der Waals surface area (Å²) in [5.41, 5.74) is 12.7. The number of carbonyl (C=O) groups is 2. The van der Waals surface area contributed by atoms with Crippen LogP contribution in [0.15, 0.2) is 85.0 Å². The van der Waals surface area contributed by atoms with E-state index in [1.165, 1.54) is 36.4 Å². The molecule has 0 radical (unpaired) electrons. The molecule has 20 nitrogen and oxygen atoms in total. The molecule has 12 atom stereocenters. The van der Waals surface area contributed by atoms with Crippen LogP contribution in [-0.2, 0) is 69.5 Å². The third kappa shape index (κ3) is 11.8. The smallest absolute Gasteiger partial charge is 0.366 e. The number of allylic oxidation sites excluding steroid dienone is 1. The molecule has 7 aliphatic heterocycles. The van der Waals surface area contributed by atoms with Crippen LogP contribution in [0.25, 0.3) is 0 Å². The molecule has 3 aromatic rings. The molecular weight excluding hydrogens is 1040 g/mol. The number of ether oxygens (including phenoxy) is 6. The first-order chi connectivity index (χ1) is 34.1. The third-order valence-electron chi connectivity index (χ3n) is 12.4. The molecule has 0 bridgehead atoms. The van der Waals surface area contributed by atoms with Crippen LogP contribution in [0.5, 0.6) is 0 Å². The van der Waals surface area contributed by atoms with E-state index < -0.39 is 112 Å². The number of primary amides is 2. The average Bonchev–Trinajstić information content (AvgIpc) is 4.05. The standard InChI is InChI=1S/C23H27ClFN2O8P.C23H25ClFN2O8P/c2*1-23(2)33-19-18(32-22(20(19)34-23)27-8-3-4-14(11-27)21(26)28)12-31-36(29)30-9-7-17(35-36)13-5-6-16(25)15(24)10-13/h3,5-6,8,10-11,17-20,22H,4,7,9,12H2,1-2H3,(H2,26,28);3-6,8,10-11,17-20,22H,7,9,12H2,1-2H3,(H-,26,28)/p+1/t2*17?,18?,19-,20-,22-,36?/m11/s1. The number of amides is 2. The number of aromatic nitrogens is 1. The zero-order valence-corrected chi connectivity index (χ0v) is 42.5. The van der Waals surface area contributed by atoms with Gasteiger partial charge in [0.2, 0.25) is 5.91 Å². The zero-order chi connectivity index (χ0) is 51.3. The Morgan fingerprint density at radius 3 is 1.83 bits per heavy atom. The van der Waals surface area contributed by atoms with Crippen molar-refractivity contribution >= 4 is 50.7 Å². The molecule has 0 saturated carbocycles. The lowest BCUT2D eigenvalue weighted by molar-refractivity contribution is -0.766. The van der Waals surface area contributed by atoms with E-state index in [0.29, 0.717) is 41.5 Å². The number of fused-ring (bicyclic) bond motifs is 2. The van der Waals surface area contributed by atoms with Crippen molar-refractivity contribution in [1.29, 1.82) is 0 Å². The van der Waals surface area contributed by atoms with Crippen molar-refractivity contribution in [1.82, 2.24) is 4.90 Å². The summed E-state index contributed by atoms with van der Waals surface area (Å²) >= 11 is 11.8. The van der Waals surface area contributed by atoms with Gasteiger partial charge in [-0.2, -0.15) is 4.57 Å². The number of hydrogen-bond donors (Lipinski definition) is 2. The van der Waals surface area contributed by atoms with Crippen molar-refractivity contribution < 1.29 is 87.6 Å². The highest BCUT2D eigenvalue weighted by atomic mass is 35.5. The number of phosphoric ester groups is 2. The Balaban J connectivity index is 0.000000178. The first-order valence-electron chi connectivity index (χ1n) is 22.9. The van der Waals surface area contributed by atoms with E-state index in [1.807, 2.05) is 0 Å². The van der Waals surface area contributed by atoms with Crippen LogP contribution in [0.4, 0.5) is 8.78 Å². The summed E-state index contributed by atoms with van der Waals surface area (Å²) < 4.78 is 125. The van der Waals surface area contributed by atoms with Gasteiger partial charge in [0.05, 0.1) is 48.7 Å². The maximum absolute atomic E-state index is 13.6. The van der Waals surface area contributed by atoms with Gasteiger partial charge in [-0.1, -0.05) is 41.4 Å². The number of nitrogens with zero attached hydrogens (tertiary/aromatic N) is 2. The monoisotopic (exact) mass is 1090 g/mol. The van der Waals surface area contributed by atoms with Gasteiger partial charge in [-0.3, -0.25) is 36.7 Å².